The lowest BCUT2D eigenvalue weighted by atomic mass is 9.98. The number of aliphatic hydroxyl groups excluding tert-OH is 1. The van der Waals surface area contributed by atoms with Gasteiger partial charge in [0.25, 0.3) is 5.91 Å². The van der Waals surface area contributed by atoms with Gasteiger partial charge in [-0.3, -0.25) is 9.59 Å². The van der Waals surface area contributed by atoms with E-state index in [0.717, 1.165) is 5.56 Å². The zero-order valence-electron chi connectivity index (χ0n) is 18.6. The van der Waals surface area contributed by atoms with Gasteiger partial charge in [-0.05, 0) is 44.4 Å². The Morgan fingerprint density at radius 3 is 2.21 bits per heavy atom. The first-order chi connectivity index (χ1) is 15.8. The second-order valence-corrected chi connectivity index (χ2v) is 9.40. The number of likely N-dealkylation sites (tertiary alicyclic amines) is 1. The van der Waals surface area contributed by atoms with E-state index in [1.54, 1.807) is 39.8 Å². The monoisotopic (exact) mass is 484 g/mol. The first kappa shape index (κ1) is 23.6. The molecule has 0 unspecified atom stereocenters. The number of amides is 1. The summed E-state index contributed by atoms with van der Waals surface area (Å²) in [6, 6.07) is 12.6. The Morgan fingerprint density at radius 2 is 1.61 bits per heavy atom. The molecule has 0 atom stereocenters. The fourth-order valence-electron chi connectivity index (χ4n) is 4.26. The number of hydrogen-bond acceptors (Lipinski definition) is 3. The van der Waals surface area contributed by atoms with Crippen molar-refractivity contribution in [3.8, 4) is 0 Å². The second kappa shape index (κ2) is 9.72. The normalized spacial score (nSPS) is 14.5. The molecule has 172 valence electrons. The number of benzene rings is 2. The number of nitrogens with zero attached hydrogens (tertiary/aromatic N) is 2. The molecule has 0 aliphatic carbocycles. The van der Waals surface area contributed by atoms with E-state index in [2.05, 4.69) is 0 Å². The molecular weight excluding hydrogens is 459 g/mol. The average Bonchev–Trinajstić information content (AvgIpc) is 3.12. The van der Waals surface area contributed by atoms with Gasteiger partial charge in [-0.2, -0.15) is 0 Å². The number of hydrogen-bond donors (Lipinski definition) is 1. The predicted molar refractivity (Wildman–Crippen MR) is 130 cm³/mol. The van der Waals surface area contributed by atoms with Crippen LogP contribution in [0.1, 0.15) is 55.9 Å². The molecule has 1 saturated heterocycles. The maximum absolute atomic E-state index is 13.7. The topological polar surface area (TPSA) is 62.5 Å². The van der Waals surface area contributed by atoms with Crippen molar-refractivity contribution in [2.45, 2.75) is 39.3 Å². The highest BCUT2D eigenvalue weighted by molar-refractivity contribution is 6.36. The maximum atomic E-state index is 13.7. The first-order valence-electron chi connectivity index (χ1n) is 11.0. The number of piperidine rings is 1. The molecule has 2 heterocycles. The van der Waals surface area contributed by atoms with Crippen LogP contribution in [0.3, 0.4) is 0 Å². The zero-order chi connectivity index (χ0) is 23.7. The Kier molecular flexibility index (Phi) is 6.94. The fourth-order valence-corrected chi connectivity index (χ4v) is 4.77. The molecule has 5 nitrogen and oxygen atoms in total. The van der Waals surface area contributed by atoms with Crippen molar-refractivity contribution >= 4 is 34.9 Å². The summed E-state index contributed by atoms with van der Waals surface area (Å²) in [5.74, 6) is -0.425. The van der Waals surface area contributed by atoms with Crippen molar-refractivity contribution in [1.82, 2.24) is 9.47 Å². The van der Waals surface area contributed by atoms with E-state index in [-0.39, 0.29) is 18.2 Å². The summed E-state index contributed by atoms with van der Waals surface area (Å²) in [7, 11) is 0. The lowest BCUT2D eigenvalue weighted by molar-refractivity contribution is 0.0535. The molecule has 33 heavy (non-hydrogen) atoms. The Labute approximate surface area is 203 Å². The van der Waals surface area contributed by atoms with Crippen molar-refractivity contribution in [2.75, 3.05) is 13.1 Å². The summed E-state index contributed by atoms with van der Waals surface area (Å²) in [4.78, 5) is 29.0. The highest BCUT2D eigenvalue weighted by Crippen LogP contribution is 2.29. The third kappa shape index (κ3) is 4.86. The number of rotatable bonds is 5. The third-order valence-electron chi connectivity index (χ3n) is 6.15. The van der Waals surface area contributed by atoms with Gasteiger partial charge < -0.3 is 14.6 Å². The van der Waals surface area contributed by atoms with Gasteiger partial charge in [-0.1, -0.05) is 59.1 Å². The maximum Gasteiger partial charge on any atom is 0.271 e. The SMILES string of the molecule is Cc1ccc(C(=O)c2c(C)cn(Cc3c(Cl)cccc3Cl)c2C(=O)N2CCC(O)CC2)cc1. The molecular formula is C26H26Cl2N2O3. The minimum Gasteiger partial charge on any atom is -0.393 e. The molecule has 0 bridgehead atoms. The van der Waals surface area contributed by atoms with Crippen LogP contribution in [0.5, 0.6) is 0 Å². The van der Waals surface area contributed by atoms with E-state index in [4.69, 9.17) is 23.2 Å². The van der Waals surface area contributed by atoms with Crippen LogP contribution < -0.4 is 0 Å². The van der Waals surface area contributed by atoms with E-state index >= 15 is 0 Å². The molecule has 0 radical (unpaired) electrons. The van der Waals surface area contributed by atoms with Crippen LogP contribution >= 0.6 is 23.2 Å². The molecule has 7 heteroatoms. The highest BCUT2D eigenvalue weighted by Gasteiger charge is 2.31. The lowest BCUT2D eigenvalue weighted by Gasteiger charge is -2.30. The standard InChI is InChI=1S/C26H26Cl2N2O3/c1-16-6-8-18(9-7-16)25(32)23-17(2)14-30(15-20-21(27)4-3-5-22(20)28)24(23)26(33)29-12-10-19(31)11-13-29/h3-9,14,19,31H,10-13,15H2,1-2H3. The summed E-state index contributed by atoms with van der Waals surface area (Å²) < 4.78 is 1.78. The Hall–Kier alpha value is -2.60. The summed E-state index contributed by atoms with van der Waals surface area (Å²) in [5.41, 5.74) is 3.69. The molecule has 4 rings (SSSR count). The average molecular weight is 485 g/mol. The molecule has 1 aliphatic rings. The molecule has 1 amide bonds. The molecule has 1 aliphatic heterocycles. The summed E-state index contributed by atoms with van der Waals surface area (Å²) in [6.45, 7) is 4.94. The quantitative estimate of drug-likeness (QED) is 0.500. The van der Waals surface area contributed by atoms with E-state index in [1.165, 1.54) is 0 Å². The largest absolute Gasteiger partial charge is 0.393 e. The van der Waals surface area contributed by atoms with Gasteiger partial charge in [0.1, 0.15) is 5.69 Å². The van der Waals surface area contributed by atoms with Crippen LogP contribution in [-0.2, 0) is 6.54 Å². The van der Waals surface area contributed by atoms with Crippen molar-refractivity contribution in [2.24, 2.45) is 0 Å². The van der Waals surface area contributed by atoms with E-state index in [9.17, 15) is 14.7 Å². The number of ketones is 1. The van der Waals surface area contributed by atoms with Crippen LogP contribution in [0.25, 0.3) is 0 Å². The Bertz CT molecular complexity index is 1170. The molecule has 3 aromatic rings. The molecule has 1 aromatic heterocycles. The number of aromatic nitrogens is 1. The molecule has 0 saturated carbocycles. The van der Waals surface area contributed by atoms with Gasteiger partial charge in [0.2, 0.25) is 0 Å². The first-order valence-corrected chi connectivity index (χ1v) is 11.7. The Balaban J connectivity index is 1.81. The van der Waals surface area contributed by atoms with E-state index < -0.39 is 6.10 Å². The van der Waals surface area contributed by atoms with Gasteiger partial charge in [0.05, 0.1) is 18.2 Å². The fraction of sp³-hybridized carbons (Fsp3) is 0.308. The molecule has 0 spiro atoms. The zero-order valence-corrected chi connectivity index (χ0v) is 20.2. The molecule has 2 aromatic carbocycles. The summed E-state index contributed by atoms with van der Waals surface area (Å²) >= 11 is 12.8. The molecule has 1 N–H and O–H groups in total. The predicted octanol–water partition coefficient (Wildman–Crippen LogP) is 5.29. The van der Waals surface area contributed by atoms with Crippen LogP contribution in [-0.4, -0.2) is 45.5 Å². The number of aryl methyl sites for hydroxylation is 2. The van der Waals surface area contributed by atoms with Gasteiger partial charge in [-0.15, -0.1) is 0 Å². The Morgan fingerprint density at radius 1 is 1.00 bits per heavy atom. The number of carbonyl (C=O) groups excluding carboxylic acids is 2. The van der Waals surface area contributed by atoms with Crippen LogP contribution in [0.15, 0.2) is 48.7 Å². The minimum absolute atomic E-state index is 0.197. The summed E-state index contributed by atoms with van der Waals surface area (Å²) in [6.07, 6.45) is 2.44. The van der Waals surface area contributed by atoms with Gasteiger partial charge >= 0.3 is 0 Å². The number of aliphatic hydroxyl groups is 1. The van der Waals surface area contributed by atoms with Crippen molar-refractivity contribution in [3.63, 3.8) is 0 Å². The van der Waals surface area contributed by atoms with Crippen molar-refractivity contribution < 1.29 is 14.7 Å². The van der Waals surface area contributed by atoms with E-state index in [0.29, 0.717) is 63.9 Å². The highest BCUT2D eigenvalue weighted by atomic mass is 35.5. The van der Waals surface area contributed by atoms with Gasteiger partial charge in [-0.25, -0.2) is 0 Å². The number of carbonyl (C=O) groups is 2. The van der Waals surface area contributed by atoms with Gasteiger partial charge in [0, 0.05) is 40.5 Å². The van der Waals surface area contributed by atoms with Crippen LogP contribution in [0, 0.1) is 13.8 Å². The van der Waals surface area contributed by atoms with E-state index in [1.807, 2.05) is 32.2 Å². The summed E-state index contributed by atoms with van der Waals surface area (Å²) in [5, 5.41) is 10.9. The van der Waals surface area contributed by atoms with Crippen LogP contribution in [0.4, 0.5) is 0 Å². The van der Waals surface area contributed by atoms with Crippen LogP contribution in [0.2, 0.25) is 10.0 Å². The van der Waals surface area contributed by atoms with Crippen molar-refractivity contribution in [1.29, 1.82) is 0 Å². The third-order valence-corrected chi connectivity index (χ3v) is 6.86. The molecule has 1 fully saturated rings. The smallest absolute Gasteiger partial charge is 0.271 e. The van der Waals surface area contributed by atoms with Crippen molar-refractivity contribution in [3.05, 3.63) is 92.2 Å². The van der Waals surface area contributed by atoms with Gasteiger partial charge in [0.15, 0.2) is 5.78 Å². The second-order valence-electron chi connectivity index (χ2n) is 8.58. The number of halogens is 2. The lowest BCUT2D eigenvalue weighted by Crippen LogP contribution is -2.41. The minimum atomic E-state index is -0.404.